The van der Waals surface area contributed by atoms with Gasteiger partial charge >= 0.3 is 0 Å². The number of hydrogen-bond acceptors (Lipinski definition) is 5. The first-order valence-corrected chi connectivity index (χ1v) is 13.2. The minimum absolute atomic E-state index is 0.0376. The molecule has 3 aromatic rings. The van der Waals surface area contributed by atoms with Gasteiger partial charge in [0, 0.05) is 43.0 Å². The van der Waals surface area contributed by atoms with Gasteiger partial charge in [0.25, 0.3) is 0 Å². The fourth-order valence-electron chi connectivity index (χ4n) is 4.46. The van der Waals surface area contributed by atoms with Crippen LogP contribution in [0.1, 0.15) is 43.0 Å². The van der Waals surface area contributed by atoms with Gasteiger partial charge in [0.2, 0.25) is 10.0 Å². The molecule has 2 heterocycles. The molecule has 33 heavy (non-hydrogen) atoms. The third-order valence-corrected chi connectivity index (χ3v) is 7.92. The van der Waals surface area contributed by atoms with Crippen LogP contribution < -0.4 is 4.90 Å². The molecule has 6 nitrogen and oxygen atoms in total. The molecule has 1 aromatic heterocycles. The molecule has 0 radical (unpaired) electrons. The van der Waals surface area contributed by atoms with Gasteiger partial charge in [-0.3, -0.25) is 0 Å². The van der Waals surface area contributed by atoms with Crippen molar-refractivity contribution in [3.05, 3.63) is 77.5 Å². The number of anilines is 1. The average molecular weight is 465 g/mol. The summed E-state index contributed by atoms with van der Waals surface area (Å²) in [6.07, 6.45) is 0.759. The van der Waals surface area contributed by atoms with E-state index >= 15 is 0 Å². The van der Waals surface area contributed by atoms with Crippen molar-refractivity contribution in [2.75, 3.05) is 31.1 Å². The third-order valence-electron chi connectivity index (χ3n) is 6.07. The van der Waals surface area contributed by atoms with Gasteiger partial charge in [0.1, 0.15) is 5.82 Å². The Morgan fingerprint density at radius 2 is 1.55 bits per heavy atom. The topological polar surface area (TPSA) is 66.4 Å². The molecule has 1 saturated heterocycles. The van der Waals surface area contributed by atoms with E-state index in [0.717, 1.165) is 41.2 Å². The number of benzene rings is 2. The quantitative estimate of drug-likeness (QED) is 0.533. The molecule has 0 N–H and O–H groups in total. The van der Waals surface area contributed by atoms with Gasteiger partial charge in [-0.1, -0.05) is 74.5 Å². The number of aromatic nitrogens is 2. The number of rotatable bonds is 6. The van der Waals surface area contributed by atoms with E-state index in [1.807, 2.05) is 67.6 Å². The van der Waals surface area contributed by atoms with Crippen LogP contribution in [0.15, 0.2) is 60.7 Å². The minimum Gasteiger partial charge on any atom is -0.355 e. The molecule has 1 aliphatic heterocycles. The largest absolute Gasteiger partial charge is 0.355 e. The van der Waals surface area contributed by atoms with Crippen molar-refractivity contribution in [2.24, 2.45) is 0 Å². The van der Waals surface area contributed by atoms with Crippen molar-refractivity contribution in [3.63, 3.8) is 0 Å². The predicted octanol–water partition coefficient (Wildman–Crippen LogP) is 4.62. The van der Waals surface area contributed by atoms with Crippen molar-refractivity contribution in [1.29, 1.82) is 0 Å². The first-order chi connectivity index (χ1) is 15.8. The molecule has 174 valence electrons. The number of sulfonamides is 1. The molecule has 1 aliphatic rings. The highest BCUT2D eigenvalue weighted by Gasteiger charge is 2.28. The average Bonchev–Trinajstić information content (AvgIpc) is 3.06. The fourth-order valence-corrected chi connectivity index (χ4v) is 6.02. The molecule has 0 aliphatic carbocycles. The third kappa shape index (κ3) is 5.42. The predicted molar refractivity (Wildman–Crippen MR) is 134 cm³/mol. The monoisotopic (exact) mass is 464 g/mol. The Labute approximate surface area is 197 Å². The Morgan fingerprint density at radius 1 is 0.879 bits per heavy atom. The van der Waals surface area contributed by atoms with E-state index in [1.165, 1.54) is 0 Å². The Bertz CT molecular complexity index is 1180. The van der Waals surface area contributed by atoms with Gasteiger partial charge in [0.15, 0.2) is 5.82 Å². The zero-order chi connectivity index (χ0) is 23.4. The summed E-state index contributed by atoms with van der Waals surface area (Å²) in [7, 11) is -3.38. The van der Waals surface area contributed by atoms with E-state index in [2.05, 4.69) is 18.7 Å². The first-order valence-electron chi connectivity index (χ1n) is 11.6. The van der Waals surface area contributed by atoms with Gasteiger partial charge < -0.3 is 4.90 Å². The molecule has 0 unspecified atom stereocenters. The SMILES string of the molecule is Cc1nc(-c2ccccc2)nc(N2CCCN(S(=O)(=O)Cc3ccccc3)CC2)c1C(C)C. The van der Waals surface area contributed by atoms with Crippen LogP contribution in [0.25, 0.3) is 11.4 Å². The van der Waals surface area contributed by atoms with E-state index in [9.17, 15) is 8.42 Å². The molecule has 0 saturated carbocycles. The van der Waals surface area contributed by atoms with Crippen molar-refractivity contribution in [3.8, 4) is 11.4 Å². The van der Waals surface area contributed by atoms with Crippen molar-refractivity contribution in [2.45, 2.75) is 38.9 Å². The van der Waals surface area contributed by atoms with Gasteiger partial charge in [-0.2, -0.15) is 4.31 Å². The zero-order valence-electron chi connectivity index (χ0n) is 19.6. The lowest BCUT2D eigenvalue weighted by Gasteiger charge is -2.27. The fraction of sp³-hybridized carbons (Fsp3) is 0.385. The smallest absolute Gasteiger partial charge is 0.218 e. The molecular formula is C26H32N4O2S. The van der Waals surface area contributed by atoms with Crippen molar-refractivity contribution in [1.82, 2.24) is 14.3 Å². The summed E-state index contributed by atoms with van der Waals surface area (Å²) in [4.78, 5) is 12.0. The van der Waals surface area contributed by atoms with Crippen LogP contribution in [-0.4, -0.2) is 48.9 Å². The molecule has 0 bridgehead atoms. The first kappa shape index (κ1) is 23.4. The molecule has 7 heteroatoms. The normalized spacial score (nSPS) is 15.6. The zero-order valence-corrected chi connectivity index (χ0v) is 20.4. The van der Waals surface area contributed by atoms with E-state index < -0.39 is 10.0 Å². The Morgan fingerprint density at radius 3 is 2.21 bits per heavy atom. The van der Waals surface area contributed by atoms with Crippen LogP contribution in [0, 0.1) is 6.92 Å². The standard InChI is InChI=1S/C26H32N4O2S/c1-20(2)24-21(3)27-25(23-13-8-5-9-14-23)28-26(24)29-15-10-16-30(18-17-29)33(31,32)19-22-11-6-4-7-12-22/h4-9,11-14,20H,10,15-19H2,1-3H3. The molecule has 0 spiro atoms. The Kier molecular flexibility index (Phi) is 7.10. The second-order valence-electron chi connectivity index (χ2n) is 8.87. The Balaban J connectivity index is 1.60. The van der Waals surface area contributed by atoms with E-state index in [-0.39, 0.29) is 11.7 Å². The highest BCUT2D eigenvalue weighted by molar-refractivity contribution is 7.88. The number of nitrogens with zero attached hydrogens (tertiary/aromatic N) is 4. The molecule has 0 amide bonds. The molecular weight excluding hydrogens is 432 g/mol. The van der Waals surface area contributed by atoms with Crippen LogP contribution in [0.3, 0.4) is 0 Å². The lowest BCUT2D eigenvalue weighted by molar-refractivity contribution is 0.432. The maximum atomic E-state index is 13.1. The summed E-state index contributed by atoms with van der Waals surface area (Å²) in [6, 6.07) is 19.4. The summed E-state index contributed by atoms with van der Waals surface area (Å²) < 4.78 is 27.8. The van der Waals surface area contributed by atoms with Crippen LogP contribution in [-0.2, 0) is 15.8 Å². The van der Waals surface area contributed by atoms with Gasteiger partial charge in [-0.15, -0.1) is 0 Å². The highest BCUT2D eigenvalue weighted by atomic mass is 32.2. The lowest BCUT2D eigenvalue weighted by atomic mass is 10.0. The van der Waals surface area contributed by atoms with Crippen LogP contribution in [0.5, 0.6) is 0 Å². The molecule has 1 fully saturated rings. The maximum absolute atomic E-state index is 13.1. The summed E-state index contributed by atoms with van der Waals surface area (Å²) in [5.41, 5.74) is 3.92. The van der Waals surface area contributed by atoms with Crippen LogP contribution in [0.4, 0.5) is 5.82 Å². The summed E-state index contributed by atoms with van der Waals surface area (Å²) in [5, 5.41) is 0. The lowest BCUT2D eigenvalue weighted by Crippen LogP contribution is -2.36. The van der Waals surface area contributed by atoms with E-state index in [1.54, 1.807) is 4.31 Å². The van der Waals surface area contributed by atoms with Gasteiger partial charge in [-0.25, -0.2) is 18.4 Å². The second kappa shape index (κ2) is 10.0. The second-order valence-corrected chi connectivity index (χ2v) is 10.8. The minimum atomic E-state index is -3.38. The maximum Gasteiger partial charge on any atom is 0.218 e. The molecule has 2 aromatic carbocycles. The van der Waals surface area contributed by atoms with Crippen molar-refractivity contribution >= 4 is 15.8 Å². The van der Waals surface area contributed by atoms with Crippen molar-refractivity contribution < 1.29 is 8.42 Å². The van der Waals surface area contributed by atoms with Gasteiger partial charge in [-0.05, 0) is 24.8 Å². The summed E-state index contributed by atoms with van der Waals surface area (Å²) in [5.74, 6) is 1.95. The molecule has 0 atom stereocenters. The number of hydrogen-bond donors (Lipinski definition) is 0. The van der Waals surface area contributed by atoms with E-state index in [0.29, 0.717) is 25.5 Å². The highest BCUT2D eigenvalue weighted by Crippen LogP contribution is 2.31. The summed E-state index contributed by atoms with van der Waals surface area (Å²) >= 11 is 0. The van der Waals surface area contributed by atoms with E-state index in [4.69, 9.17) is 9.97 Å². The van der Waals surface area contributed by atoms with Crippen LogP contribution in [0.2, 0.25) is 0 Å². The van der Waals surface area contributed by atoms with Gasteiger partial charge in [0.05, 0.1) is 5.75 Å². The molecule has 4 rings (SSSR count). The van der Waals surface area contributed by atoms with Crippen LogP contribution >= 0.6 is 0 Å². The summed E-state index contributed by atoms with van der Waals surface area (Å²) in [6.45, 7) is 8.72. The number of aryl methyl sites for hydroxylation is 1. The Hall–Kier alpha value is -2.77.